The Morgan fingerprint density at radius 3 is 2.53 bits per heavy atom. The second-order valence-electron chi connectivity index (χ2n) is 2.92. The van der Waals surface area contributed by atoms with Crippen LogP contribution in [-0.2, 0) is 10.8 Å². The van der Waals surface area contributed by atoms with Crippen molar-refractivity contribution in [3.05, 3.63) is 33.8 Å². The summed E-state index contributed by atoms with van der Waals surface area (Å²) in [4.78, 5) is 11.6. The zero-order valence-electron chi connectivity index (χ0n) is 8.13. The Morgan fingerprint density at radius 1 is 1.33 bits per heavy atom. The van der Waals surface area contributed by atoms with Crippen LogP contribution in [0, 0.1) is 0 Å². The smallest absolute Gasteiger partial charge is 0.175 e. The summed E-state index contributed by atoms with van der Waals surface area (Å²) < 4.78 is 11.2. The molecule has 1 rings (SSSR count). The summed E-state index contributed by atoms with van der Waals surface area (Å²) in [6, 6.07) is 4.65. The number of carbonyl (C=O) groups excluding carboxylic acids is 1. The standard InChI is InChI=1S/C10H10Cl2O2S/c1-2-15(14)6-10(13)7-3-4-8(11)9(12)5-7/h3-5H,2,6H2,1H3. The first-order valence-electron chi connectivity index (χ1n) is 4.37. The van der Waals surface area contributed by atoms with Gasteiger partial charge in [-0.2, -0.15) is 0 Å². The highest BCUT2D eigenvalue weighted by Crippen LogP contribution is 2.22. The van der Waals surface area contributed by atoms with E-state index < -0.39 is 10.8 Å². The highest BCUT2D eigenvalue weighted by molar-refractivity contribution is 7.85. The van der Waals surface area contributed by atoms with Crippen molar-refractivity contribution in [2.75, 3.05) is 11.5 Å². The van der Waals surface area contributed by atoms with Gasteiger partial charge < -0.3 is 0 Å². The Hall–Kier alpha value is -0.380. The summed E-state index contributed by atoms with van der Waals surface area (Å²) in [6.45, 7) is 1.78. The molecule has 15 heavy (non-hydrogen) atoms. The summed E-state index contributed by atoms with van der Waals surface area (Å²) in [5.41, 5.74) is 0.450. The van der Waals surface area contributed by atoms with Gasteiger partial charge in [0.25, 0.3) is 0 Å². The van der Waals surface area contributed by atoms with Crippen LogP contribution in [0.5, 0.6) is 0 Å². The molecule has 0 saturated carbocycles. The molecule has 5 heteroatoms. The number of hydrogen-bond acceptors (Lipinski definition) is 2. The first-order chi connectivity index (χ1) is 7.04. The van der Waals surface area contributed by atoms with Gasteiger partial charge in [0.05, 0.1) is 15.8 Å². The molecule has 1 atom stereocenters. The van der Waals surface area contributed by atoms with Gasteiger partial charge in [-0.15, -0.1) is 0 Å². The Kier molecular flexibility index (Phi) is 4.77. The van der Waals surface area contributed by atoms with E-state index in [2.05, 4.69) is 0 Å². The topological polar surface area (TPSA) is 34.1 Å². The molecule has 0 heterocycles. The molecule has 1 unspecified atom stereocenters. The van der Waals surface area contributed by atoms with Gasteiger partial charge in [0.15, 0.2) is 5.78 Å². The van der Waals surface area contributed by atoms with E-state index in [0.717, 1.165) is 0 Å². The monoisotopic (exact) mass is 264 g/mol. The van der Waals surface area contributed by atoms with Crippen LogP contribution in [0.2, 0.25) is 10.0 Å². The largest absolute Gasteiger partial charge is 0.293 e. The van der Waals surface area contributed by atoms with E-state index >= 15 is 0 Å². The molecular formula is C10H10Cl2O2S. The van der Waals surface area contributed by atoms with Gasteiger partial charge >= 0.3 is 0 Å². The Labute approximate surface area is 101 Å². The average Bonchev–Trinajstić information content (AvgIpc) is 2.21. The van der Waals surface area contributed by atoms with Crippen molar-refractivity contribution in [1.82, 2.24) is 0 Å². The molecule has 0 fully saturated rings. The SMILES string of the molecule is CCS(=O)CC(=O)c1ccc(Cl)c(Cl)c1. The van der Waals surface area contributed by atoms with Crippen LogP contribution in [0.1, 0.15) is 17.3 Å². The average molecular weight is 265 g/mol. The van der Waals surface area contributed by atoms with Gasteiger partial charge in [-0.25, -0.2) is 0 Å². The van der Waals surface area contributed by atoms with Gasteiger partial charge in [0, 0.05) is 22.1 Å². The van der Waals surface area contributed by atoms with Gasteiger partial charge in [-0.05, 0) is 18.2 Å². The second kappa shape index (κ2) is 5.64. The van der Waals surface area contributed by atoms with Crippen LogP contribution in [-0.4, -0.2) is 21.5 Å². The number of ketones is 1. The lowest BCUT2D eigenvalue weighted by Crippen LogP contribution is -2.12. The number of carbonyl (C=O) groups is 1. The molecule has 0 aliphatic rings. The highest BCUT2D eigenvalue weighted by atomic mass is 35.5. The summed E-state index contributed by atoms with van der Waals surface area (Å²) in [7, 11) is -1.10. The predicted octanol–water partition coefficient (Wildman–Crippen LogP) is 2.94. The predicted molar refractivity (Wildman–Crippen MR) is 64.3 cm³/mol. The molecule has 0 aliphatic carbocycles. The molecule has 0 bridgehead atoms. The maximum absolute atomic E-state index is 11.6. The van der Waals surface area contributed by atoms with Crippen molar-refractivity contribution < 1.29 is 9.00 Å². The third-order valence-corrected chi connectivity index (χ3v) is 3.82. The van der Waals surface area contributed by atoms with Crippen molar-refractivity contribution >= 4 is 39.8 Å². The van der Waals surface area contributed by atoms with Crippen molar-refractivity contribution in [3.8, 4) is 0 Å². The van der Waals surface area contributed by atoms with E-state index in [0.29, 0.717) is 21.4 Å². The Balaban J connectivity index is 2.83. The Morgan fingerprint density at radius 2 is 2.00 bits per heavy atom. The van der Waals surface area contributed by atoms with Crippen molar-refractivity contribution in [3.63, 3.8) is 0 Å². The highest BCUT2D eigenvalue weighted by Gasteiger charge is 2.10. The van der Waals surface area contributed by atoms with Crippen molar-refractivity contribution in [2.24, 2.45) is 0 Å². The van der Waals surface area contributed by atoms with Crippen LogP contribution in [0.4, 0.5) is 0 Å². The van der Waals surface area contributed by atoms with Crippen LogP contribution in [0.3, 0.4) is 0 Å². The van der Waals surface area contributed by atoms with E-state index in [1.165, 1.54) is 6.07 Å². The Bertz CT molecular complexity index is 404. The number of hydrogen-bond donors (Lipinski definition) is 0. The first-order valence-corrected chi connectivity index (χ1v) is 6.62. The third kappa shape index (κ3) is 3.59. The molecule has 1 aromatic carbocycles. The molecule has 0 spiro atoms. The van der Waals surface area contributed by atoms with E-state index in [1.54, 1.807) is 19.1 Å². The number of halogens is 2. The first kappa shape index (κ1) is 12.7. The van der Waals surface area contributed by atoms with E-state index in [9.17, 15) is 9.00 Å². The van der Waals surface area contributed by atoms with Gasteiger partial charge in [-0.3, -0.25) is 9.00 Å². The van der Waals surface area contributed by atoms with E-state index in [4.69, 9.17) is 23.2 Å². The fourth-order valence-electron chi connectivity index (χ4n) is 1.00. The zero-order chi connectivity index (χ0) is 11.4. The maximum atomic E-state index is 11.6. The maximum Gasteiger partial charge on any atom is 0.175 e. The minimum atomic E-state index is -1.10. The van der Waals surface area contributed by atoms with Gasteiger partial charge in [0.1, 0.15) is 0 Å². The fraction of sp³-hybridized carbons (Fsp3) is 0.300. The summed E-state index contributed by atoms with van der Waals surface area (Å²) in [6.07, 6.45) is 0. The normalized spacial score (nSPS) is 12.5. The second-order valence-corrected chi connectivity index (χ2v) is 5.48. The number of Topliss-reactive ketones (excluding diaryl/α,β-unsaturated/α-hetero) is 1. The third-order valence-electron chi connectivity index (χ3n) is 1.86. The minimum Gasteiger partial charge on any atom is -0.293 e. The van der Waals surface area contributed by atoms with Gasteiger partial charge in [0.2, 0.25) is 0 Å². The molecule has 0 aliphatic heterocycles. The summed E-state index contributed by atoms with van der Waals surface area (Å²) in [5.74, 6) is 0.343. The number of benzene rings is 1. The van der Waals surface area contributed by atoms with Gasteiger partial charge in [-0.1, -0.05) is 30.1 Å². The lowest BCUT2D eigenvalue weighted by molar-refractivity contribution is 0.102. The molecule has 0 radical (unpaired) electrons. The van der Waals surface area contributed by atoms with E-state index in [1.807, 2.05) is 0 Å². The summed E-state index contributed by atoms with van der Waals surface area (Å²) in [5, 5.41) is 0.745. The summed E-state index contributed by atoms with van der Waals surface area (Å²) >= 11 is 11.5. The molecule has 0 amide bonds. The van der Waals surface area contributed by atoms with E-state index in [-0.39, 0.29) is 11.5 Å². The number of rotatable bonds is 4. The molecule has 82 valence electrons. The molecule has 1 aromatic rings. The molecule has 0 N–H and O–H groups in total. The fourth-order valence-corrected chi connectivity index (χ4v) is 1.96. The van der Waals surface area contributed by atoms with Crippen LogP contribution in [0.15, 0.2) is 18.2 Å². The molecule has 0 aromatic heterocycles. The van der Waals surface area contributed by atoms with Crippen molar-refractivity contribution in [2.45, 2.75) is 6.92 Å². The van der Waals surface area contributed by atoms with Crippen LogP contribution < -0.4 is 0 Å². The molecule has 2 nitrogen and oxygen atoms in total. The van der Waals surface area contributed by atoms with Crippen molar-refractivity contribution in [1.29, 1.82) is 0 Å². The minimum absolute atomic E-state index is 0.0362. The lowest BCUT2D eigenvalue weighted by Gasteiger charge is -2.01. The lowest BCUT2D eigenvalue weighted by atomic mass is 10.1. The quantitative estimate of drug-likeness (QED) is 0.784. The molecule has 0 saturated heterocycles. The molecular weight excluding hydrogens is 255 g/mol. The van der Waals surface area contributed by atoms with Crippen LogP contribution in [0.25, 0.3) is 0 Å². The van der Waals surface area contributed by atoms with Crippen LogP contribution >= 0.6 is 23.2 Å². The zero-order valence-corrected chi connectivity index (χ0v) is 10.5.